The highest BCUT2D eigenvalue weighted by molar-refractivity contribution is 4.98. The molecule has 0 saturated heterocycles. The smallest absolute Gasteiger partial charge is 0.0949 e. The second-order valence-corrected chi connectivity index (χ2v) is 5.13. The van der Waals surface area contributed by atoms with E-state index in [1.54, 1.807) is 0 Å². The van der Waals surface area contributed by atoms with E-state index in [9.17, 15) is 0 Å². The van der Waals surface area contributed by atoms with E-state index in [2.05, 4.69) is 28.7 Å². The van der Waals surface area contributed by atoms with Crippen molar-refractivity contribution in [3.8, 4) is 0 Å². The van der Waals surface area contributed by atoms with Gasteiger partial charge in [0, 0.05) is 31.9 Å². The van der Waals surface area contributed by atoms with E-state index in [4.69, 9.17) is 4.74 Å². The Hall–Kier alpha value is -0.870. The van der Waals surface area contributed by atoms with Gasteiger partial charge in [-0.05, 0) is 18.8 Å². The molecule has 0 radical (unpaired) electrons. The van der Waals surface area contributed by atoms with Gasteiger partial charge in [0.25, 0.3) is 0 Å². The normalized spacial score (nSPS) is 15.7. The minimum atomic E-state index is 0.504. The van der Waals surface area contributed by atoms with Crippen molar-refractivity contribution in [2.75, 3.05) is 13.2 Å². The first-order valence-corrected chi connectivity index (χ1v) is 6.56. The van der Waals surface area contributed by atoms with Crippen LogP contribution in [0.25, 0.3) is 0 Å². The Balaban J connectivity index is 1.69. The molecule has 1 saturated carbocycles. The van der Waals surface area contributed by atoms with Crippen molar-refractivity contribution in [1.29, 1.82) is 0 Å². The molecule has 1 fully saturated rings. The summed E-state index contributed by atoms with van der Waals surface area (Å²) in [5.41, 5.74) is 1.23. The largest absolute Gasteiger partial charge is 0.379 e. The number of nitrogens with zero attached hydrogens (tertiary/aromatic N) is 2. The molecule has 0 aliphatic heterocycles. The van der Waals surface area contributed by atoms with Gasteiger partial charge in [-0.2, -0.15) is 0 Å². The Bertz CT molecular complexity index is 331. The molecule has 17 heavy (non-hydrogen) atoms. The lowest BCUT2D eigenvalue weighted by atomic mass is 10.3. The molecule has 1 aromatic heterocycles. The van der Waals surface area contributed by atoms with Gasteiger partial charge in [-0.15, -0.1) is 0 Å². The third-order valence-electron chi connectivity index (χ3n) is 3.02. The predicted octanol–water partition coefficient (Wildman–Crippen LogP) is 1.81. The summed E-state index contributed by atoms with van der Waals surface area (Å²) in [6.07, 6.45) is 6.53. The third kappa shape index (κ3) is 4.48. The maximum atomic E-state index is 5.64. The average molecular weight is 237 g/mol. The summed E-state index contributed by atoms with van der Waals surface area (Å²) < 4.78 is 7.81. The second-order valence-electron chi connectivity index (χ2n) is 5.13. The number of nitrogens with one attached hydrogen (secondary N) is 1. The fourth-order valence-corrected chi connectivity index (χ4v) is 1.70. The summed E-state index contributed by atoms with van der Waals surface area (Å²) in [5, 5.41) is 3.41. The number of imidazole rings is 1. The summed E-state index contributed by atoms with van der Waals surface area (Å²) in [6.45, 7) is 7.82. The molecule has 1 aliphatic rings. The highest BCUT2D eigenvalue weighted by Crippen LogP contribution is 2.28. The molecule has 0 unspecified atom stereocenters. The minimum absolute atomic E-state index is 0.504. The molecular formula is C13H23N3O. The van der Waals surface area contributed by atoms with Gasteiger partial charge >= 0.3 is 0 Å². The van der Waals surface area contributed by atoms with E-state index >= 15 is 0 Å². The van der Waals surface area contributed by atoms with Crippen LogP contribution in [0.5, 0.6) is 0 Å². The number of hydrogen-bond acceptors (Lipinski definition) is 3. The highest BCUT2D eigenvalue weighted by atomic mass is 16.5. The molecule has 0 spiro atoms. The van der Waals surface area contributed by atoms with Gasteiger partial charge < -0.3 is 14.6 Å². The van der Waals surface area contributed by atoms with Crippen molar-refractivity contribution in [2.24, 2.45) is 5.92 Å². The van der Waals surface area contributed by atoms with E-state index in [0.717, 1.165) is 32.2 Å². The van der Waals surface area contributed by atoms with Crippen LogP contribution in [0.3, 0.4) is 0 Å². The van der Waals surface area contributed by atoms with E-state index in [-0.39, 0.29) is 0 Å². The molecule has 0 amide bonds. The first kappa shape index (κ1) is 12.6. The molecule has 4 nitrogen and oxygen atoms in total. The number of hydrogen-bond donors (Lipinski definition) is 1. The zero-order chi connectivity index (χ0) is 12.1. The molecule has 1 N–H and O–H groups in total. The summed E-state index contributed by atoms with van der Waals surface area (Å²) >= 11 is 0. The van der Waals surface area contributed by atoms with E-state index in [1.807, 2.05) is 12.5 Å². The lowest BCUT2D eigenvalue weighted by molar-refractivity contribution is 0.116. The number of rotatable bonds is 8. The minimum Gasteiger partial charge on any atom is -0.379 e. The Labute approximate surface area is 103 Å². The summed E-state index contributed by atoms with van der Waals surface area (Å²) in [7, 11) is 0. The first-order chi connectivity index (χ1) is 8.25. The van der Waals surface area contributed by atoms with Gasteiger partial charge in [0.15, 0.2) is 0 Å². The zero-order valence-electron chi connectivity index (χ0n) is 10.9. The standard InChI is InChI=1S/C13H23N3O/c1-11(2)15-8-13-7-14-10-16(13)5-6-17-9-12-3-4-12/h7,10-12,15H,3-6,8-9H2,1-2H3. The molecule has 2 rings (SSSR count). The fourth-order valence-electron chi connectivity index (χ4n) is 1.70. The summed E-state index contributed by atoms with van der Waals surface area (Å²) in [5.74, 6) is 0.847. The Morgan fingerprint density at radius 3 is 3.06 bits per heavy atom. The van der Waals surface area contributed by atoms with Crippen LogP contribution >= 0.6 is 0 Å². The molecule has 1 aliphatic carbocycles. The quantitative estimate of drug-likeness (QED) is 0.701. The van der Waals surface area contributed by atoms with Crippen molar-refractivity contribution in [3.05, 3.63) is 18.2 Å². The first-order valence-electron chi connectivity index (χ1n) is 6.56. The molecule has 0 aromatic carbocycles. The van der Waals surface area contributed by atoms with Crippen LogP contribution < -0.4 is 5.32 Å². The van der Waals surface area contributed by atoms with Gasteiger partial charge in [-0.3, -0.25) is 0 Å². The van der Waals surface area contributed by atoms with Crippen molar-refractivity contribution >= 4 is 0 Å². The van der Waals surface area contributed by atoms with Crippen LogP contribution in [0, 0.1) is 5.92 Å². The predicted molar refractivity (Wildman–Crippen MR) is 67.7 cm³/mol. The van der Waals surface area contributed by atoms with Crippen molar-refractivity contribution in [3.63, 3.8) is 0 Å². The highest BCUT2D eigenvalue weighted by Gasteiger charge is 2.20. The van der Waals surface area contributed by atoms with E-state index in [1.165, 1.54) is 18.5 Å². The number of ether oxygens (including phenoxy) is 1. The van der Waals surface area contributed by atoms with E-state index in [0.29, 0.717) is 6.04 Å². The lowest BCUT2D eigenvalue weighted by Crippen LogP contribution is -2.23. The zero-order valence-corrected chi connectivity index (χ0v) is 10.9. The average Bonchev–Trinajstić information content (AvgIpc) is 3.01. The molecule has 0 atom stereocenters. The second kappa shape index (κ2) is 6.17. The maximum Gasteiger partial charge on any atom is 0.0949 e. The van der Waals surface area contributed by atoms with Gasteiger partial charge in [-0.1, -0.05) is 13.8 Å². The Kier molecular flexibility index (Phi) is 4.57. The van der Waals surface area contributed by atoms with Gasteiger partial charge in [0.05, 0.1) is 18.6 Å². The van der Waals surface area contributed by atoms with Crippen LogP contribution in [0.15, 0.2) is 12.5 Å². The SMILES string of the molecule is CC(C)NCc1cncn1CCOCC1CC1. The fraction of sp³-hybridized carbons (Fsp3) is 0.769. The topological polar surface area (TPSA) is 39.1 Å². The monoisotopic (exact) mass is 237 g/mol. The van der Waals surface area contributed by atoms with Crippen molar-refractivity contribution < 1.29 is 4.74 Å². The Morgan fingerprint density at radius 2 is 2.35 bits per heavy atom. The van der Waals surface area contributed by atoms with Crippen LogP contribution in [-0.2, 0) is 17.8 Å². The van der Waals surface area contributed by atoms with Crippen molar-refractivity contribution in [1.82, 2.24) is 14.9 Å². The van der Waals surface area contributed by atoms with Crippen LogP contribution in [0.4, 0.5) is 0 Å². The third-order valence-corrected chi connectivity index (χ3v) is 3.02. The maximum absolute atomic E-state index is 5.64. The van der Waals surface area contributed by atoms with E-state index < -0.39 is 0 Å². The molecule has 96 valence electrons. The molecular weight excluding hydrogens is 214 g/mol. The van der Waals surface area contributed by atoms with Crippen molar-refractivity contribution in [2.45, 2.75) is 45.8 Å². The molecule has 4 heteroatoms. The van der Waals surface area contributed by atoms with Gasteiger partial charge in [0.1, 0.15) is 0 Å². The Morgan fingerprint density at radius 1 is 1.53 bits per heavy atom. The van der Waals surface area contributed by atoms with Crippen LogP contribution in [0.1, 0.15) is 32.4 Å². The molecule has 0 bridgehead atoms. The van der Waals surface area contributed by atoms with Gasteiger partial charge in [-0.25, -0.2) is 4.98 Å². The van der Waals surface area contributed by atoms with Gasteiger partial charge in [0.2, 0.25) is 0 Å². The van der Waals surface area contributed by atoms with Crippen LogP contribution in [0.2, 0.25) is 0 Å². The summed E-state index contributed by atoms with van der Waals surface area (Å²) in [4.78, 5) is 4.19. The lowest BCUT2D eigenvalue weighted by Gasteiger charge is -2.11. The number of aromatic nitrogens is 2. The molecule has 1 heterocycles. The molecule has 1 aromatic rings. The van der Waals surface area contributed by atoms with Crippen LogP contribution in [-0.4, -0.2) is 28.8 Å². The summed E-state index contributed by atoms with van der Waals surface area (Å²) in [6, 6.07) is 0.504.